The van der Waals surface area contributed by atoms with Crippen LogP contribution in [0.25, 0.3) is 29.7 Å². The molecule has 0 aliphatic carbocycles. The van der Waals surface area contributed by atoms with E-state index in [0.717, 1.165) is 5.56 Å². The average molecular weight is 431 g/mol. The fourth-order valence-electron chi connectivity index (χ4n) is 3.30. The van der Waals surface area contributed by atoms with Crippen molar-refractivity contribution in [3.8, 4) is 17.0 Å². The number of carboxylic acid groups (broad SMARTS) is 1. The molecule has 0 amide bonds. The quantitative estimate of drug-likeness (QED) is 0.369. The number of hydrogen-bond acceptors (Lipinski definition) is 5. The van der Waals surface area contributed by atoms with Crippen LogP contribution in [0.3, 0.4) is 0 Å². The maximum Gasteiger partial charge on any atom is 0.335 e. The van der Waals surface area contributed by atoms with Gasteiger partial charge >= 0.3 is 5.97 Å². The Kier molecular flexibility index (Phi) is 5.07. The smallest absolute Gasteiger partial charge is 0.335 e. The van der Waals surface area contributed by atoms with E-state index in [1.807, 2.05) is 6.92 Å². The molecule has 2 heterocycles. The number of benzene rings is 2. The highest BCUT2D eigenvalue weighted by atomic mass is 16.6. The van der Waals surface area contributed by atoms with E-state index in [9.17, 15) is 19.7 Å². The summed E-state index contributed by atoms with van der Waals surface area (Å²) in [5.74, 6) is -0.438. The normalized spacial score (nSPS) is 11.6. The Morgan fingerprint density at radius 1 is 1.19 bits per heavy atom. The number of aromatic carboxylic acids is 1. The third-order valence-corrected chi connectivity index (χ3v) is 4.91. The van der Waals surface area contributed by atoms with Gasteiger partial charge in [0, 0.05) is 6.07 Å². The molecule has 0 aliphatic heterocycles. The van der Waals surface area contributed by atoms with E-state index in [1.165, 1.54) is 41.1 Å². The third-order valence-electron chi connectivity index (χ3n) is 4.91. The molecular formula is C23H17N3O6. The van der Waals surface area contributed by atoms with E-state index in [4.69, 9.17) is 9.52 Å². The van der Waals surface area contributed by atoms with Crippen LogP contribution in [-0.2, 0) is 0 Å². The van der Waals surface area contributed by atoms with Crippen molar-refractivity contribution < 1.29 is 19.2 Å². The first-order valence-electron chi connectivity index (χ1n) is 9.45. The molecule has 4 aromatic rings. The molecule has 0 fully saturated rings. The maximum absolute atomic E-state index is 12.9. The van der Waals surface area contributed by atoms with Crippen molar-refractivity contribution in [2.75, 3.05) is 0 Å². The molecule has 0 atom stereocenters. The average Bonchev–Trinajstić information content (AvgIpc) is 3.34. The lowest BCUT2D eigenvalue weighted by molar-refractivity contribution is -0.384. The van der Waals surface area contributed by atoms with Gasteiger partial charge in [0.1, 0.15) is 11.5 Å². The largest absolute Gasteiger partial charge is 0.478 e. The van der Waals surface area contributed by atoms with Gasteiger partial charge in [-0.2, -0.15) is 0 Å². The summed E-state index contributed by atoms with van der Waals surface area (Å²) in [5, 5.41) is 23.8. The van der Waals surface area contributed by atoms with E-state index >= 15 is 0 Å². The van der Waals surface area contributed by atoms with Crippen LogP contribution in [0.15, 0.2) is 63.8 Å². The van der Waals surface area contributed by atoms with Crippen LogP contribution in [0.4, 0.5) is 5.69 Å². The van der Waals surface area contributed by atoms with Crippen LogP contribution >= 0.6 is 0 Å². The summed E-state index contributed by atoms with van der Waals surface area (Å²) in [7, 11) is 0. The fourth-order valence-corrected chi connectivity index (χ4v) is 3.30. The zero-order valence-electron chi connectivity index (χ0n) is 16.9. The van der Waals surface area contributed by atoms with Gasteiger partial charge < -0.3 is 9.52 Å². The van der Waals surface area contributed by atoms with Crippen LogP contribution < -0.4 is 16.1 Å². The maximum atomic E-state index is 12.9. The van der Waals surface area contributed by atoms with E-state index in [2.05, 4.69) is 11.7 Å². The summed E-state index contributed by atoms with van der Waals surface area (Å²) >= 11 is 0. The van der Waals surface area contributed by atoms with E-state index in [0.29, 0.717) is 28.1 Å². The standard InChI is InChI=1S/C23H17N3O6/c1-13-3-9-20(26(30)31)19(11-13)21-10-8-17(32-21)12-18-14(2)24-25(22(18)27)16-6-4-15(5-7-16)23(28)29/h3-12,24H,2H2,1H3,(H,28,29)/b18-12-. The molecule has 9 heteroatoms. The number of carbonyl (C=O) groups is 1. The van der Waals surface area contributed by atoms with Gasteiger partial charge in [0.15, 0.2) is 0 Å². The van der Waals surface area contributed by atoms with Gasteiger partial charge in [0.05, 0.1) is 32.3 Å². The van der Waals surface area contributed by atoms with Crippen LogP contribution in [0, 0.1) is 17.0 Å². The summed E-state index contributed by atoms with van der Waals surface area (Å²) in [6, 6.07) is 13.8. The zero-order valence-corrected chi connectivity index (χ0v) is 16.9. The molecule has 0 saturated heterocycles. The van der Waals surface area contributed by atoms with Crippen molar-refractivity contribution in [3.63, 3.8) is 0 Å². The molecule has 32 heavy (non-hydrogen) atoms. The molecular weight excluding hydrogens is 414 g/mol. The molecule has 2 N–H and O–H groups in total. The molecule has 0 spiro atoms. The molecule has 2 aromatic carbocycles. The first kappa shape index (κ1) is 20.6. The van der Waals surface area contributed by atoms with Crippen LogP contribution in [0.1, 0.15) is 21.7 Å². The van der Waals surface area contributed by atoms with Crippen LogP contribution in [-0.4, -0.2) is 25.8 Å². The predicted molar refractivity (Wildman–Crippen MR) is 117 cm³/mol. The monoisotopic (exact) mass is 431 g/mol. The molecule has 0 unspecified atom stereocenters. The fraction of sp³-hybridized carbons (Fsp3) is 0.0435. The Labute approximate surface area is 180 Å². The highest BCUT2D eigenvalue weighted by Gasteiger charge is 2.18. The highest BCUT2D eigenvalue weighted by Crippen LogP contribution is 2.32. The van der Waals surface area contributed by atoms with E-state index < -0.39 is 16.5 Å². The molecule has 0 radical (unpaired) electrons. The van der Waals surface area contributed by atoms with Crippen molar-refractivity contribution in [1.29, 1.82) is 0 Å². The summed E-state index contributed by atoms with van der Waals surface area (Å²) in [5.41, 5.74) is 1.24. The number of nitrogens with one attached hydrogen (secondary N) is 1. The molecule has 2 aromatic heterocycles. The summed E-state index contributed by atoms with van der Waals surface area (Å²) in [4.78, 5) is 34.8. The van der Waals surface area contributed by atoms with Gasteiger partial charge in [-0.15, -0.1) is 0 Å². The minimum absolute atomic E-state index is 0.0804. The minimum atomic E-state index is -1.07. The Morgan fingerprint density at radius 2 is 1.91 bits per heavy atom. The van der Waals surface area contributed by atoms with Gasteiger partial charge in [-0.3, -0.25) is 20.0 Å². The SMILES string of the molecule is C=c1[nH]n(-c2ccc(C(=O)O)cc2)c(=O)/c1=C\c1ccc(-c2cc(C)ccc2[N+](=O)[O-])o1. The topological polar surface area (TPSA) is 131 Å². The lowest BCUT2D eigenvalue weighted by Gasteiger charge is -2.01. The van der Waals surface area contributed by atoms with Crippen molar-refractivity contribution in [2.45, 2.75) is 6.92 Å². The number of nitrogens with zero attached hydrogens (tertiary/aromatic N) is 2. The van der Waals surface area contributed by atoms with Crippen molar-refractivity contribution >= 4 is 24.3 Å². The third kappa shape index (κ3) is 3.74. The first-order valence-corrected chi connectivity index (χ1v) is 9.45. The number of H-pyrrole nitrogens is 1. The lowest BCUT2D eigenvalue weighted by Crippen LogP contribution is -2.33. The Bertz CT molecular complexity index is 1520. The number of aryl methyl sites for hydroxylation is 1. The minimum Gasteiger partial charge on any atom is -0.478 e. The Hall–Kier alpha value is -4.66. The summed E-state index contributed by atoms with van der Waals surface area (Å²) in [6.07, 6.45) is 1.49. The van der Waals surface area contributed by atoms with Gasteiger partial charge in [-0.1, -0.05) is 12.6 Å². The van der Waals surface area contributed by atoms with E-state index in [1.54, 1.807) is 24.3 Å². The number of aromatic nitrogens is 2. The van der Waals surface area contributed by atoms with Crippen LogP contribution in [0.5, 0.6) is 0 Å². The second-order valence-electron chi connectivity index (χ2n) is 7.12. The van der Waals surface area contributed by atoms with Crippen molar-refractivity contribution in [1.82, 2.24) is 9.78 Å². The Balaban J connectivity index is 1.76. The lowest BCUT2D eigenvalue weighted by atomic mass is 10.1. The number of aromatic amines is 1. The molecule has 4 rings (SSSR count). The van der Waals surface area contributed by atoms with Crippen LogP contribution in [0.2, 0.25) is 0 Å². The van der Waals surface area contributed by atoms with Gasteiger partial charge in [-0.05, 0) is 61.0 Å². The first-order chi connectivity index (χ1) is 15.2. The predicted octanol–water partition coefficient (Wildman–Crippen LogP) is 2.58. The summed E-state index contributed by atoms with van der Waals surface area (Å²) in [6.45, 7) is 5.67. The molecule has 160 valence electrons. The van der Waals surface area contributed by atoms with Crippen molar-refractivity contribution in [3.05, 3.63) is 103 Å². The van der Waals surface area contributed by atoms with E-state index in [-0.39, 0.29) is 16.5 Å². The number of furan rings is 1. The number of rotatable bonds is 5. The molecule has 0 saturated carbocycles. The zero-order chi connectivity index (χ0) is 23.0. The molecule has 0 bridgehead atoms. The number of hydrogen-bond donors (Lipinski definition) is 2. The molecule has 9 nitrogen and oxygen atoms in total. The summed E-state index contributed by atoms with van der Waals surface area (Å²) < 4.78 is 7.02. The number of nitro benzene ring substituents is 1. The second-order valence-corrected chi connectivity index (χ2v) is 7.12. The molecule has 0 aliphatic rings. The van der Waals surface area contributed by atoms with Gasteiger partial charge in [0.2, 0.25) is 0 Å². The van der Waals surface area contributed by atoms with Gasteiger partial charge in [0.25, 0.3) is 11.2 Å². The Morgan fingerprint density at radius 3 is 2.56 bits per heavy atom. The van der Waals surface area contributed by atoms with Gasteiger partial charge in [-0.25, -0.2) is 9.48 Å². The number of carboxylic acids is 1. The second kappa shape index (κ2) is 7.88. The highest BCUT2D eigenvalue weighted by molar-refractivity contribution is 5.87. The van der Waals surface area contributed by atoms with Crippen molar-refractivity contribution in [2.24, 2.45) is 0 Å². The number of nitro groups is 1.